The van der Waals surface area contributed by atoms with Crippen LogP contribution in [0.15, 0.2) is 174 Å². The Morgan fingerprint density at radius 1 is 0.423 bits per heavy atom. The van der Waals surface area contributed by atoms with Crippen LogP contribution in [-0.4, -0.2) is 9.97 Å². The van der Waals surface area contributed by atoms with Crippen LogP contribution in [0.1, 0.15) is 25.0 Å². The second-order valence-electron chi connectivity index (χ2n) is 14.2. The summed E-state index contributed by atoms with van der Waals surface area (Å²) >= 11 is 0. The Balaban J connectivity index is 1.08. The van der Waals surface area contributed by atoms with Gasteiger partial charge in [0.1, 0.15) is 11.3 Å². The molecule has 0 radical (unpaired) electrons. The van der Waals surface area contributed by atoms with E-state index in [-0.39, 0.29) is 5.41 Å². The summed E-state index contributed by atoms with van der Waals surface area (Å²) in [6, 6.07) is 60.1. The zero-order chi connectivity index (χ0) is 34.8. The molecule has 0 unspecified atom stereocenters. The van der Waals surface area contributed by atoms with Crippen molar-refractivity contribution in [3.63, 3.8) is 0 Å². The summed E-state index contributed by atoms with van der Waals surface area (Å²) in [6.45, 7) is 4.70. The maximum absolute atomic E-state index is 6.15. The summed E-state index contributed by atoms with van der Waals surface area (Å²) in [5.74, 6) is 1.55. The van der Waals surface area contributed by atoms with E-state index in [4.69, 9.17) is 14.4 Å². The lowest BCUT2D eigenvalue weighted by atomic mass is 9.81. The molecule has 10 rings (SSSR count). The Bertz CT molecular complexity index is 2780. The maximum atomic E-state index is 6.15. The highest BCUT2D eigenvalue weighted by Gasteiger charge is 2.37. The van der Waals surface area contributed by atoms with Crippen molar-refractivity contribution in [2.24, 2.45) is 0 Å². The van der Waals surface area contributed by atoms with Gasteiger partial charge in [0.2, 0.25) is 0 Å². The molecule has 0 spiro atoms. The van der Waals surface area contributed by atoms with Crippen molar-refractivity contribution in [3.05, 3.63) is 181 Å². The average molecular weight is 667 g/mol. The van der Waals surface area contributed by atoms with Gasteiger partial charge in [-0.15, -0.1) is 0 Å². The third kappa shape index (κ3) is 4.97. The fourth-order valence-electron chi connectivity index (χ4n) is 7.95. The van der Waals surface area contributed by atoms with Gasteiger partial charge in [0.15, 0.2) is 5.82 Å². The molecule has 3 heteroatoms. The number of fused-ring (bicyclic) bond motifs is 5. The lowest BCUT2D eigenvalue weighted by Crippen LogP contribution is -2.14. The standard InChI is InChI=1S/C49H34N2O/c1-49(2)41-20-11-19-39(47(41)40-27-34-14-6-7-15-35(34)28-42(40)49)36-17-10-18-37(26-36)44-30-43(50-48(51-44)33-12-4-3-5-13-33)31-22-24-32(25-23-31)46-29-38-16-8-9-21-45(38)52-46/h3-30H,1-2H3. The minimum Gasteiger partial charge on any atom is -0.456 e. The zero-order valence-electron chi connectivity index (χ0n) is 29.0. The third-order valence-electron chi connectivity index (χ3n) is 10.7. The van der Waals surface area contributed by atoms with E-state index in [2.05, 4.69) is 147 Å². The summed E-state index contributed by atoms with van der Waals surface area (Å²) in [5, 5.41) is 3.64. The van der Waals surface area contributed by atoms with E-state index in [0.29, 0.717) is 5.82 Å². The van der Waals surface area contributed by atoms with Gasteiger partial charge in [-0.05, 0) is 80.6 Å². The van der Waals surface area contributed by atoms with Gasteiger partial charge in [-0.25, -0.2) is 9.97 Å². The first-order chi connectivity index (χ1) is 25.5. The van der Waals surface area contributed by atoms with Crippen LogP contribution in [0.5, 0.6) is 0 Å². The van der Waals surface area contributed by atoms with Crippen molar-refractivity contribution in [1.29, 1.82) is 0 Å². The molecule has 0 saturated carbocycles. The van der Waals surface area contributed by atoms with E-state index in [1.54, 1.807) is 0 Å². The van der Waals surface area contributed by atoms with Gasteiger partial charge in [0.05, 0.1) is 11.4 Å². The lowest BCUT2D eigenvalue weighted by Gasteiger charge is -2.22. The summed E-state index contributed by atoms with van der Waals surface area (Å²) in [6.07, 6.45) is 0. The number of rotatable bonds is 5. The molecule has 0 bridgehead atoms. The van der Waals surface area contributed by atoms with Crippen LogP contribution in [0.2, 0.25) is 0 Å². The molecular formula is C49H34N2O. The molecule has 246 valence electrons. The van der Waals surface area contributed by atoms with E-state index >= 15 is 0 Å². The third-order valence-corrected chi connectivity index (χ3v) is 10.7. The Morgan fingerprint density at radius 2 is 1.06 bits per heavy atom. The van der Waals surface area contributed by atoms with Crippen molar-refractivity contribution in [2.45, 2.75) is 19.3 Å². The first-order valence-electron chi connectivity index (χ1n) is 17.8. The van der Waals surface area contributed by atoms with Crippen molar-refractivity contribution >= 4 is 21.7 Å². The minimum atomic E-state index is -0.103. The van der Waals surface area contributed by atoms with Gasteiger partial charge in [-0.2, -0.15) is 0 Å². The fourth-order valence-corrected chi connectivity index (χ4v) is 7.95. The monoisotopic (exact) mass is 666 g/mol. The van der Waals surface area contributed by atoms with Crippen LogP contribution >= 0.6 is 0 Å². The predicted octanol–water partition coefficient (Wildman–Crippen LogP) is 13.0. The number of furan rings is 1. The topological polar surface area (TPSA) is 38.9 Å². The molecule has 3 nitrogen and oxygen atoms in total. The molecule has 0 aliphatic heterocycles. The first kappa shape index (κ1) is 30.3. The molecular weight excluding hydrogens is 633 g/mol. The molecule has 0 fully saturated rings. The van der Waals surface area contributed by atoms with Crippen LogP contribution in [0, 0.1) is 0 Å². The lowest BCUT2D eigenvalue weighted by molar-refractivity contribution is 0.631. The van der Waals surface area contributed by atoms with E-state index in [0.717, 1.165) is 50.4 Å². The van der Waals surface area contributed by atoms with E-state index in [1.807, 2.05) is 36.4 Å². The molecule has 0 N–H and O–H groups in total. The Morgan fingerprint density at radius 3 is 1.85 bits per heavy atom. The number of hydrogen-bond donors (Lipinski definition) is 0. The molecule has 1 aliphatic rings. The van der Waals surface area contributed by atoms with Crippen molar-refractivity contribution < 1.29 is 4.42 Å². The van der Waals surface area contributed by atoms with Crippen molar-refractivity contribution in [1.82, 2.24) is 9.97 Å². The highest BCUT2D eigenvalue weighted by atomic mass is 16.3. The van der Waals surface area contributed by atoms with Crippen LogP contribution in [-0.2, 0) is 5.41 Å². The SMILES string of the molecule is CC1(C)c2cc3ccccc3cc2-c2c(-c3cccc(-c4cc(-c5ccc(-c6cc7ccccc7o6)cc5)nc(-c5ccccc5)n4)c3)cccc21. The van der Waals surface area contributed by atoms with Gasteiger partial charge in [-0.1, -0.05) is 147 Å². The first-order valence-corrected chi connectivity index (χ1v) is 17.8. The number of hydrogen-bond acceptors (Lipinski definition) is 3. The fraction of sp³-hybridized carbons (Fsp3) is 0.0612. The van der Waals surface area contributed by atoms with Gasteiger partial charge < -0.3 is 4.42 Å². The Hall–Kier alpha value is -6.58. The van der Waals surface area contributed by atoms with E-state index in [9.17, 15) is 0 Å². The van der Waals surface area contributed by atoms with Crippen LogP contribution < -0.4 is 0 Å². The average Bonchev–Trinajstić information content (AvgIpc) is 3.74. The summed E-state index contributed by atoms with van der Waals surface area (Å²) in [4.78, 5) is 10.3. The van der Waals surface area contributed by atoms with Crippen molar-refractivity contribution in [2.75, 3.05) is 0 Å². The quantitative estimate of drug-likeness (QED) is 0.183. The van der Waals surface area contributed by atoms with E-state index < -0.39 is 0 Å². The highest BCUT2D eigenvalue weighted by Crippen LogP contribution is 2.53. The maximum Gasteiger partial charge on any atom is 0.160 e. The van der Waals surface area contributed by atoms with Crippen LogP contribution in [0.4, 0.5) is 0 Å². The Labute approximate surface area is 302 Å². The number of nitrogens with zero attached hydrogens (tertiary/aromatic N) is 2. The molecule has 0 saturated heterocycles. The second kappa shape index (κ2) is 11.8. The van der Waals surface area contributed by atoms with Crippen LogP contribution in [0.3, 0.4) is 0 Å². The molecule has 7 aromatic carbocycles. The molecule has 2 heterocycles. The second-order valence-corrected chi connectivity index (χ2v) is 14.2. The largest absolute Gasteiger partial charge is 0.456 e. The number of para-hydroxylation sites is 1. The Kier molecular flexibility index (Phi) is 6.84. The molecule has 9 aromatic rings. The molecule has 0 amide bonds. The normalized spacial score (nSPS) is 13.0. The number of benzene rings is 7. The van der Waals surface area contributed by atoms with Gasteiger partial charge >= 0.3 is 0 Å². The van der Waals surface area contributed by atoms with Gasteiger partial charge in [-0.3, -0.25) is 0 Å². The highest BCUT2D eigenvalue weighted by molar-refractivity contribution is 5.99. The van der Waals surface area contributed by atoms with Gasteiger partial charge in [0.25, 0.3) is 0 Å². The predicted molar refractivity (Wildman–Crippen MR) is 214 cm³/mol. The summed E-state index contributed by atoms with van der Waals surface area (Å²) in [5.41, 5.74) is 14.4. The smallest absolute Gasteiger partial charge is 0.160 e. The molecule has 52 heavy (non-hydrogen) atoms. The molecule has 0 atom stereocenters. The van der Waals surface area contributed by atoms with Crippen LogP contribution in [0.25, 0.3) is 89.2 Å². The molecule has 1 aliphatic carbocycles. The number of aromatic nitrogens is 2. The van der Waals surface area contributed by atoms with E-state index in [1.165, 1.54) is 44.2 Å². The van der Waals surface area contributed by atoms with Crippen molar-refractivity contribution in [3.8, 4) is 67.5 Å². The minimum absolute atomic E-state index is 0.103. The van der Waals surface area contributed by atoms with Gasteiger partial charge in [0, 0.05) is 33.1 Å². The summed E-state index contributed by atoms with van der Waals surface area (Å²) in [7, 11) is 0. The molecule has 2 aromatic heterocycles. The summed E-state index contributed by atoms with van der Waals surface area (Å²) < 4.78 is 6.15. The zero-order valence-corrected chi connectivity index (χ0v) is 29.0.